The Morgan fingerprint density at radius 2 is 2.18 bits per heavy atom. The number of amides is 1. The highest BCUT2D eigenvalue weighted by molar-refractivity contribution is 5.98. The number of benzene rings is 1. The van der Waals surface area contributed by atoms with Gasteiger partial charge in [-0.25, -0.2) is 9.97 Å². The second kappa shape index (κ2) is 5.66. The Kier molecular flexibility index (Phi) is 3.11. The zero-order chi connectivity index (χ0) is 18.7. The number of oxazole rings is 1. The van der Waals surface area contributed by atoms with Gasteiger partial charge in [-0.1, -0.05) is 6.07 Å². The van der Waals surface area contributed by atoms with E-state index in [1.165, 1.54) is 0 Å². The van der Waals surface area contributed by atoms with Crippen molar-refractivity contribution in [3.8, 4) is 11.3 Å². The highest BCUT2D eigenvalue weighted by Crippen LogP contribution is 2.30. The van der Waals surface area contributed by atoms with E-state index in [4.69, 9.17) is 4.42 Å². The van der Waals surface area contributed by atoms with Crippen LogP contribution in [0.15, 0.2) is 41.2 Å². The summed E-state index contributed by atoms with van der Waals surface area (Å²) in [6.45, 7) is 0.553. The average molecular weight is 372 g/mol. The molecule has 1 aromatic carbocycles. The number of nitrogens with zero attached hydrogens (tertiary/aromatic N) is 4. The number of aromatic nitrogens is 4. The van der Waals surface area contributed by atoms with Crippen molar-refractivity contribution in [1.29, 1.82) is 0 Å². The van der Waals surface area contributed by atoms with E-state index in [-0.39, 0.29) is 5.91 Å². The van der Waals surface area contributed by atoms with Crippen molar-refractivity contribution >= 4 is 23.4 Å². The molecular formula is C20H16N6O2. The number of anilines is 2. The molecule has 4 aromatic rings. The summed E-state index contributed by atoms with van der Waals surface area (Å²) in [5.74, 6) is 1.52. The maximum atomic E-state index is 11.8. The molecule has 0 spiro atoms. The van der Waals surface area contributed by atoms with Gasteiger partial charge in [-0.15, -0.1) is 0 Å². The Bertz CT molecular complexity index is 1230. The monoisotopic (exact) mass is 372 g/mol. The van der Waals surface area contributed by atoms with Gasteiger partial charge in [0.15, 0.2) is 11.5 Å². The minimum absolute atomic E-state index is 0.0233. The molecule has 1 amide bonds. The van der Waals surface area contributed by atoms with Crippen LogP contribution in [0, 0.1) is 0 Å². The molecule has 0 fully saturated rings. The molecular weight excluding hydrogens is 356 g/mol. The van der Waals surface area contributed by atoms with Crippen LogP contribution in [0.4, 0.5) is 11.8 Å². The number of rotatable bonds is 3. The summed E-state index contributed by atoms with van der Waals surface area (Å²) in [7, 11) is 0. The van der Waals surface area contributed by atoms with Crippen LogP contribution in [-0.4, -0.2) is 25.3 Å². The van der Waals surface area contributed by atoms with Crippen LogP contribution in [0.3, 0.4) is 0 Å². The number of fused-ring (bicyclic) bond motifs is 3. The molecule has 2 N–H and O–H groups in total. The normalized spacial score (nSPS) is 14.9. The first-order chi connectivity index (χ1) is 13.8. The second-order valence-corrected chi connectivity index (χ2v) is 7.03. The molecule has 8 nitrogen and oxygen atoms in total. The molecule has 2 aliphatic rings. The van der Waals surface area contributed by atoms with E-state index >= 15 is 0 Å². The zero-order valence-corrected chi connectivity index (χ0v) is 14.9. The lowest BCUT2D eigenvalue weighted by molar-refractivity contribution is 0.0966. The molecule has 0 radical (unpaired) electrons. The Hall–Kier alpha value is -3.68. The number of imidazole rings is 1. The van der Waals surface area contributed by atoms with E-state index < -0.39 is 0 Å². The van der Waals surface area contributed by atoms with Crippen molar-refractivity contribution < 1.29 is 9.21 Å². The summed E-state index contributed by atoms with van der Waals surface area (Å²) < 4.78 is 7.76. The molecule has 4 heterocycles. The van der Waals surface area contributed by atoms with E-state index in [2.05, 4.69) is 25.6 Å². The van der Waals surface area contributed by atoms with Crippen LogP contribution in [-0.2, 0) is 19.4 Å². The fraction of sp³-hybridized carbons (Fsp3) is 0.200. The van der Waals surface area contributed by atoms with Crippen LogP contribution < -0.4 is 10.6 Å². The van der Waals surface area contributed by atoms with Gasteiger partial charge in [0, 0.05) is 36.5 Å². The van der Waals surface area contributed by atoms with Gasteiger partial charge in [0.05, 0.1) is 17.6 Å². The van der Waals surface area contributed by atoms with Gasteiger partial charge >= 0.3 is 6.01 Å². The average Bonchev–Trinajstić information content (AvgIpc) is 3.46. The molecule has 6 rings (SSSR count). The summed E-state index contributed by atoms with van der Waals surface area (Å²) in [6, 6.07) is 6.27. The number of aryl methyl sites for hydroxylation is 2. The molecule has 1 aliphatic heterocycles. The maximum Gasteiger partial charge on any atom is 0.300 e. The summed E-state index contributed by atoms with van der Waals surface area (Å²) >= 11 is 0. The predicted octanol–water partition coefficient (Wildman–Crippen LogP) is 2.86. The van der Waals surface area contributed by atoms with Crippen molar-refractivity contribution in [2.24, 2.45) is 0 Å². The SMILES string of the molecule is O=C1NCc2cc(-c3cnc(Nc4nc5c(o4)CCC5)c4nccn34)ccc21. The summed E-state index contributed by atoms with van der Waals surface area (Å²) in [5.41, 5.74) is 5.31. The number of carbonyl (C=O) groups excluding carboxylic acids is 1. The first kappa shape index (κ1) is 15.4. The smallest absolute Gasteiger partial charge is 0.300 e. The third-order valence-corrected chi connectivity index (χ3v) is 5.33. The molecule has 8 heteroatoms. The Labute approximate surface area is 159 Å². The fourth-order valence-electron chi connectivity index (χ4n) is 3.96. The van der Waals surface area contributed by atoms with E-state index in [0.29, 0.717) is 24.0 Å². The summed E-state index contributed by atoms with van der Waals surface area (Å²) in [6.07, 6.45) is 8.41. The van der Waals surface area contributed by atoms with Crippen molar-refractivity contribution in [3.05, 3.63) is 59.4 Å². The van der Waals surface area contributed by atoms with Crippen LogP contribution in [0.1, 0.15) is 33.8 Å². The summed E-state index contributed by atoms with van der Waals surface area (Å²) in [5, 5.41) is 6.01. The fourth-order valence-corrected chi connectivity index (χ4v) is 3.96. The highest BCUT2D eigenvalue weighted by atomic mass is 16.4. The van der Waals surface area contributed by atoms with Gasteiger partial charge in [0.2, 0.25) is 0 Å². The first-order valence-electron chi connectivity index (χ1n) is 9.25. The minimum Gasteiger partial charge on any atom is -0.428 e. The molecule has 138 valence electrons. The molecule has 28 heavy (non-hydrogen) atoms. The molecule has 3 aromatic heterocycles. The maximum absolute atomic E-state index is 11.8. The topological polar surface area (TPSA) is 97.3 Å². The van der Waals surface area contributed by atoms with E-state index in [1.54, 1.807) is 12.4 Å². The molecule has 0 unspecified atom stereocenters. The highest BCUT2D eigenvalue weighted by Gasteiger charge is 2.21. The van der Waals surface area contributed by atoms with Crippen molar-refractivity contribution in [1.82, 2.24) is 24.7 Å². The lowest BCUT2D eigenvalue weighted by Crippen LogP contribution is -2.12. The number of carbonyl (C=O) groups is 1. The molecule has 0 saturated heterocycles. The molecule has 0 saturated carbocycles. The lowest BCUT2D eigenvalue weighted by Gasteiger charge is -2.10. The number of nitrogens with one attached hydrogen (secondary N) is 2. The van der Waals surface area contributed by atoms with Crippen LogP contribution >= 0.6 is 0 Å². The predicted molar refractivity (Wildman–Crippen MR) is 101 cm³/mol. The Balaban J connectivity index is 1.40. The van der Waals surface area contributed by atoms with Crippen molar-refractivity contribution in [2.45, 2.75) is 25.8 Å². The van der Waals surface area contributed by atoms with Gasteiger partial charge in [-0.2, -0.15) is 4.98 Å². The third-order valence-electron chi connectivity index (χ3n) is 5.33. The van der Waals surface area contributed by atoms with Gasteiger partial charge < -0.3 is 9.73 Å². The first-order valence-corrected chi connectivity index (χ1v) is 9.25. The van der Waals surface area contributed by atoms with E-state index in [1.807, 2.05) is 28.8 Å². The Morgan fingerprint density at radius 1 is 1.21 bits per heavy atom. The zero-order valence-electron chi connectivity index (χ0n) is 14.9. The second-order valence-electron chi connectivity index (χ2n) is 7.03. The molecule has 0 bridgehead atoms. The van der Waals surface area contributed by atoms with Crippen molar-refractivity contribution in [3.63, 3.8) is 0 Å². The minimum atomic E-state index is -0.0233. The van der Waals surface area contributed by atoms with E-state index in [0.717, 1.165) is 53.1 Å². The number of hydrogen-bond donors (Lipinski definition) is 2. The van der Waals surface area contributed by atoms with E-state index in [9.17, 15) is 4.79 Å². The summed E-state index contributed by atoms with van der Waals surface area (Å²) in [4.78, 5) is 25.3. The van der Waals surface area contributed by atoms with Gasteiger partial charge in [-0.05, 0) is 30.5 Å². The standard InChI is InChI=1S/C20H16N6O2/c27-19-13-5-4-11(8-12(13)9-23-19)15-10-22-17(18-21-6-7-26(15)18)25-20-24-14-2-1-3-16(14)28-20/h4-8,10H,1-3,9H2,(H,23,27)(H,22,24,25). The lowest BCUT2D eigenvalue weighted by atomic mass is 10.0. The Morgan fingerprint density at radius 3 is 3.11 bits per heavy atom. The molecule has 0 atom stereocenters. The van der Waals surface area contributed by atoms with Gasteiger partial charge in [-0.3, -0.25) is 14.5 Å². The largest absolute Gasteiger partial charge is 0.428 e. The quantitative estimate of drug-likeness (QED) is 0.574. The third kappa shape index (κ3) is 2.24. The van der Waals surface area contributed by atoms with Crippen LogP contribution in [0.25, 0.3) is 16.9 Å². The van der Waals surface area contributed by atoms with Gasteiger partial charge in [0.1, 0.15) is 5.76 Å². The van der Waals surface area contributed by atoms with Crippen LogP contribution in [0.5, 0.6) is 0 Å². The molecule has 1 aliphatic carbocycles. The van der Waals surface area contributed by atoms with Gasteiger partial charge in [0.25, 0.3) is 5.91 Å². The van der Waals surface area contributed by atoms with Crippen LogP contribution in [0.2, 0.25) is 0 Å². The number of hydrogen-bond acceptors (Lipinski definition) is 6. The van der Waals surface area contributed by atoms with Crippen molar-refractivity contribution in [2.75, 3.05) is 5.32 Å².